The van der Waals surface area contributed by atoms with E-state index in [1.807, 2.05) is 83.8 Å². The molecule has 1 atom stereocenters. The van der Waals surface area contributed by atoms with Crippen LogP contribution >= 0.6 is 0 Å². The molecule has 0 radical (unpaired) electrons. The fraction of sp³-hybridized carbons (Fsp3) is 0.288. The number of morpholine rings is 1. The van der Waals surface area contributed by atoms with E-state index in [0.717, 1.165) is 67.0 Å². The molecular formula is C52H50N4O8. The highest BCUT2D eigenvalue weighted by Gasteiger charge is 2.36. The maximum Gasteiger partial charge on any atom is 0.335 e. The predicted molar refractivity (Wildman–Crippen MR) is 241 cm³/mol. The van der Waals surface area contributed by atoms with Crippen molar-refractivity contribution in [2.45, 2.75) is 58.0 Å². The van der Waals surface area contributed by atoms with Crippen LogP contribution in [0.25, 0.3) is 11.3 Å². The Morgan fingerprint density at radius 2 is 1.48 bits per heavy atom. The van der Waals surface area contributed by atoms with Crippen LogP contribution in [-0.4, -0.2) is 82.9 Å². The first-order chi connectivity index (χ1) is 31.4. The van der Waals surface area contributed by atoms with E-state index in [9.17, 15) is 9.90 Å². The summed E-state index contributed by atoms with van der Waals surface area (Å²) in [6.07, 6.45) is 3.27. The molecule has 2 amide bonds. The van der Waals surface area contributed by atoms with Gasteiger partial charge in [0.15, 0.2) is 11.5 Å². The second-order valence-electron chi connectivity index (χ2n) is 16.9. The van der Waals surface area contributed by atoms with Crippen molar-refractivity contribution in [3.63, 3.8) is 0 Å². The van der Waals surface area contributed by atoms with E-state index in [-0.39, 0.29) is 36.8 Å². The molecule has 1 N–H and O–H groups in total. The van der Waals surface area contributed by atoms with Gasteiger partial charge in [-0.25, -0.2) is 4.79 Å². The molecule has 0 spiro atoms. The molecule has 0 bridgehead atoms. The molecule has 4 aliphatic rings. The lowest BCUT2D eigenvalue weighted by Crippen LogP contribution is -2.52. The Labute approximate surface area is 372 Å². The Hall–Kier alpha value is -6.89. The second kappa shape index (κ2) is 18.1. The average Bonchev–Trinajstić information content (AvgIpc) is 3.97. The first kappa shape index (κ1) is 41.1. The van der Waals surface area contributed by atoms with Gasteiger partial charge >= 0.3 is 5.97 Å². The van der Waals surface area contributed by atoms with Crippen molar-refractivity contribution < 1.29 is 38.4 Å². The summed E-state index contributed by atoms with van der Waals surface area (Å²) in [5.41, 5.74) is 8.47. The Balaban J connectivity index is 1.02. The van der Waals surface area contributed by atoms with Crippen molar-refractivity contribution in [1.29, 1.82) is 0 Å². The molecule has 4 aliphatic heterocycles. The van der Waals surface area contributed by atoms with Crippen LogP contribution in [0.2, 0.25) is 0 Å². The van der Waals surface area contributed by atoms with Gasteiger partial charge in [-0.1, -0.05) is 66.7 Å². The highest BCUT2D eigenvalue weighted by atomic mass is 16.7. The summed E-state index contributed by atoms with van der Waals surface area (Å²) in [5, 5.41) is 9.60. The van der Waals surface area contributed by atoms with Crippen molar-refractivity contribution >= 4 is 23.5 Å². The van der Waals surface area contributed by atoms with Crippen LogP contribution < -0.4 is 19.1 Å². The number of nitrogens with zero attached hydrogens (tertiary/aromatic N) is 4. The zero-order valence-electron chi connectivity index (χ0n) is 35.6. The van der Waals surface area contributed by atoms with Crippen LogP contribution in [0.3, 0.4) is 0 Å². The highest BCUT2D eigenvalue weighted by molar-refractivity contribution is 6.09. The lowest BCUT2D eigenvalue weighted by atomic mass is 9.92. The van der Waals surface area contributed by atoms with E-state index < -0.39 is 5.97 Å². The fourth-order valence-electron chi connectivity index (χ4n) is 9.46. The molecule has 0 aliphatic carbocycles. The molecule has 5 heterocycles. The van der Waals surface area contributed by atoms with Crippen LogP contribution in [0.1, 0.15) is 71.9 Å². The maximum atomic E-state index is 15.3. The molecule has 1 saturated heterocycles. The number of carboxylic acid groups (broad SMARTS) is 1. The summed E-state index contributed by atoms with van der Waals surface area (Å²) in [4.78, 5) is 48.5. The van der Waals surface area contributed by atoms with E-state index in [1.165, 1.54) is 5.56 Å². The number of hydrogen-bond acceptors (Lipinski definition) is 8. The SMILES string of the molecule is O=C(O)c1ccc(CN(C(=O)c2cc(-c3cc4c(cc3C(=O)N3Cc5ccccc5C[C@@H]3CN3CCOCC3)OCO4)n3c2CCCC3)c2ccc(OCc3ccccc3)cc2)cc1. The van der Waals surface area contributed by atoms with E-state index in [1.54, 1.807) is 29.2 Å². The molecule has 0 saturated carbocycles. The topological polar surface area (TPSA) is 123 Å². The van der Waals surface area contributed by atoms with Gasteiger partial charge in [-0.3, -0.25) is 14.5 Å². The third kappa shape index (κ3) is 8.46. The Morgan fingerprint density at radius 1 is 0.750 bits per heavy atom. The Morgan fingerprint density at radius 3 is 2.25 bits per heavy atom. The van der Waals surface area contributed by atoms with Crippen molar-refractivity contribution in [2.75, 3.05) is 44.5 Å². The van der Waals surface area contributed by atoms with Gasteiger partial charge in [0, 0.05) is 61.4 Å². The number of anilines is 1. The van der Waals surface area contributed by atoms with Crippen LogP contribution in [0.4, 0.5) is 5.69 Å². The minimum atomic E-state index is -1.02. The van der Waals surface area contributed by atoms with Gasteiger partial charge in [0.1, 0.15) is 12.4 Å². The number of carbonyl (C=O) groups excluding carboxylic acids is 2. The second-order valence-corrected chi connectivity index (χ2v) is 16.9. The first-order valence-corrected chi connectivity index (χ1v) is 22.1. The fourth-order valence-corrected chi connectivity index (χ4v) is 9.46. The minimum Gasteiger partial charge on any atom is -0.489 e. The Bertz CT molecular complexity index is 2670. The van der Waals surface area contributed by atoms with Crippen molar-refractivity contribution in [1.82, 2.24) is 14.4 Å². The van der Waals surface area contributed by atoms with E-state index in [0.29, 0.717) is 79.0 Å². The van der Waals surface area contributed by atoms with Gasteiger partial charge in [0.05, 0.1) is 36.4 Å². The number of rotatable bonds is 12. The predicted octanol–water partition coefficient (Wildman–Crippen LogP) is 8.24. The first-order valence-electron chi connectivity index (χ1n) is 22.1. The standard InChI is InChI=1S/C52H50N4O8/c57-50(56-31-39-11-5-4-10-38(39)26-41(56)32-53-22-24-61-25-23-53)44-29-49-48(63-34-64-49)28-43(44)47-27-45(46-12-6-7-21-54(46)47)51(58)55(30-35-13-15-37(16-14-35)52(59)60)40-17-19-42(20-18-40)62-33-36-8-2-1-3-9-36/h1-5,8-11,13-20,27-29,41H,6-7,12,21-26,30-34H2,(H,59,60)/t41-/m1/s1. The number of aromatic nitrogens is 1. The van der Waals surface area contributed by atoms with E-state index >= 15 is 9.59 Å². The molecule has 6 aromatic rings. The molecule has 12 heteroatoms. The number of aromatic carboxylic acids is 1. The largest absolute Gasteiger partial charge is 0.489 e. The molecule has 1 aromatic heterocycles. The summed E-state index contributed by atoms with van der Waals surface area (Å²) < 4.78 is 25.8. The third-order valence-corrected chi connectivity index (χ3v) is 12.9. The van der Waals surface area contributed by atoms with E-state index in [4.69, 9.17) is 18.9 Å². The van der Waals surface area contributed by atoms with Gasteiger partial charge < -0.3 is 38.4 Å². The van der Waals surface area contributed by atoms with Crippen LogP contribution in [-0.2, 0) is 43.8 Å². The summed E-state index contributed by atoms with van der Waals surface area (Å²) in [6.45, 7) is 5.53. The zero-order chi connectivity index (χ0) is 43.6. The lowest BCUT2D eigenvalue weighted by Gasteiger charge is -2.40. The number of hydrogen-bond donors (Lipinski definition) is 1. The van der Waals surface area contributed by atoms with Crippen molar-refractivity contribution in [3.05, 3.63) is 166 Å². The van der Waals surface area contributed by atoms with Crippen molar-refractivity contribution in [3.8, 4) is 28.5 Å². The van der Waals surface area contributed by atoms with Gasteiger partial charge in [-0.05, 0) is 103 Å². The van der Waals surface area contributed by atoms with Gasteiger partial charge in [-0.15, -0.1) is 0 Å². The number of carboxylic acids is 1. The average molecular weight is 859 g/mol. The van der Waals surface area contributed by atoms with Crippen molar-refractivity contribution in [2.24, 2.45) is 0 Å². The smallest absolute Gasteiger partial charge is 0.335 e. The summed E-state index contributed by atoms with van der Waals surface area (Å²) in [6, 6.07) is 38.0. The molecule has 12 nitrogen and oxygen atoms in total. The third-order valence-electron chi connectivity index (χ3n) is 12.9. The molecule has 64 heavy (non-hydrogen) atoms. The lowest BCUT2D eigenvalue weighted by molar-refractivity contribution is 0.0193. The van der Waals surface area contributed by atoms with Gasteiger partial charge in [-0.2, -0.15) is 0 Å². The number of fused-ring (bicyclic) bond motifs is 3. The number of carbonyl (C=O) groups is 3. The normalized spacial score (nSPS) is 16.8. The quantitative estimate of drug-likeness (QED) is 0.130. The maximum absolute atomic E-state index is 15.3. The minimum absolute atomic E-state index is 0.0532. The highest BCUT2D eigenvalue weighted by Crippen LogP contribution is 2.42. The van der Waals surface area contributed by atoms with Crippen LogP contribution in [0.15, 0.2) is 121 Å². The number of ether oxygens (including phenoxy) is 4. The molecular weight excluding hydrogens is 809 g/mol. The van der Waals surface area contributed by atoms with Gasteiger partial charge in [0.25, 0.3) is 11.8 Å². The molecule has 10 rings (SSSR count). The Kier molecular flexibility index (Phi) is 11.6. The number of benzene rings is 5. The molecule has 1 fully saturated rings. The van der Waals surface area contributed by atoms with E-state index in [2.05, 4.69) is 27.7 Å². The van der Waals surface area contributed by atoms with Crippen LogP contribution in [0, 0.1) is 0 Å². The summed E-state index contributed by atoms with van der Waals surface area (Å²) >= 11 is 0. The van der Waals surface area contributed by atoms with Gasteiger partial charge in [0.2, 0.25) is 6.79 Å². The monoisotopic (exact) mass is 858 g/mol. The summed E-state index contributed by atoms with van der Waals surface area (Å²) in [5.74, 6) is 0.426. The molecule has 326 valence electrons. The zero-order valence-corrected chi connectivity index (χ0v) is 35.6. The number of amides is 2. The van der Waals surface area contributed by atoms with Crippen LogP contribution in [0.5, 0.6) is 17.2 Å². The molecule has 0 unspecified atom stereocenters. The summed E-state index contributed by atoms with van der Waals surface area (Å²) in [7, 11) is 0. The molecule has 5 aromatic carbocycles.